The number of carboxylic acids is 1. The van der Waals surface area contributed by atoms with Crippen LogP contribution in [-0.4, -0.2) is 20.8 Å². The number of para-hydroxylation sites is 1. The van der Waals surface area contributed by atoms with Gasteiger partial charge in [0.1, 0.15) is 5.69 Å². The molecule has 4 heteroatoms. The number of benzene rings is 1. The largest absolute Gasteiger partial charge is 0.477 e. The molecule has 2 rings (SSSR count). The van der Waals surface area contributed by atoms with Crippen molar-refractivity contribution in [1.82, 2.24) is 4.98 Å². The Morgan fingerprint density at radius 1 is 1.22 bits per heavy atom. The third-order valence-electron chi connectivity index (χ3n) is 2.32. The Balaban J connectivity index is 2.59. The molecule has 0 atom stereocenters. The Hall–Kier alpha value is -1.55. The Kier molecular flexibility index (Phi) is 3.30. The molecule has 3 nitrogen and oxygen atoms in total. The van der Waals surface area contributed by atoms with Crippen LogP contribution < -0.4 is 0 Å². The molecule has 0 aliphatic rings. The Labute approximate surface area is 110 Å². The summed E-state index contributed by atoms with van der Waals surface area (Å²) >= 11 is 1.70. The number of thioether (sulfide) groups is 1. The zero-order valence-corrected chi connectivity index (χ0v) is 11.4. The maximum atomic E-state index is 11.0. The van der Waals surface area contributed by atoms with Crippen LogP contribution in [0.5, 0.6) is 0 Å². The zero-order valence-electron chi connectivity index (χ0n) is 10.6. The van der Waals surface area contributed by atoms with Crippen molar-refractivity contribution in [2.24, 2.45) is 0 Å². The van der Waals surface area contributed by atoms with Crippen LogP contribution >= 0.6 is 11.8 Å². The summed E-state index contributed by atoms with van der Waals surface area (Å²) in [5.74, 6) is -0.993. The molecule has 18 heavy (non-hydrogen) atoms. The highest BCUT2D eigenvalue weighted by Gasteiger charge is 2.15. The number of hydrogen-bond donors (Lipinski definition) is 1. The van der Waals surface area contributed by atoms with Crippen molar-refractivity contribution in [3.05, 3.63) is 36.0 Å². The van der Waals surface area contributed by atoms with Crippen LogP contribution in [0.25, 0.3) is 10.9 Å². The predicted molar refractivity (Wildman–Crippen MR) is 74.3 cm³/mol. The van der Waals surface area contributed by atoms with E-state index in [1.165, 1.54) is 6.07 Å². The second kappa shape index (κ2) is 4.61. The summed E-state index contributed by atoms with van der Waals surface area (Å²) in [6.07, 6.45) is 0. The molecule has 0 aliphatic carbocycles. The first-order chi connectivity index (χ1) is 8.37. The highest BCUT2D eigenvalue weighted by atomic mass is 32.2. The molecule has 1 heterocycles. The standard InChI is InChI=1S/C14H15NO2S/c1-14(2,3)18-11-6-4-5-9-7-8-10(13(16)17)15-12(9)11/h4-8H,1-3H3,(H,16,17). The molecular weight excluding hydrogens is 246 g/mol. The second-order valence-corrected chi connectivity index (χ2v) is 6.91. The van der Waals surface area contributed by atoms with Gasteiger partial charge in [0.15, 0.2) is 0 Å². The van der Waals surface area contributed by atoms with Gasteiger partial charge in [0.25, 0.3) is 0 Å². The smallest absolute Gasteiger partial charge is 0.354 e. The van der Waals surface area contributed by atoms with Gasteiger partial charge >= 0.3 is 5.97 Å². The van der Waals surface area contributed by atoms with E-state index in [1.54, 1.807) is 17.8 Å². The molecule has 2 aromatic rings. The summed E-state index contributed by atoms with van der Waals surface area (Å²) in [5.41, 5.74) is 0.849. The third kappa shape index (κ3) is 2.82. The van der Waals surface area contributed by atoms with Crippen molar-refractivity contribution in [3.63, 3.8) is 0 Å². The summed E-state index contributed by atoms with van der Waals surface area (Å²) < 4.78 is 0.0647. The number of carbonyl (C=O) groups is 1. The molecule has 0 radical (unpaired) electrons. The number of pyridine rings is 1. The van der Waals surface area contributed by atoms with Crippen molar-refractivity contribution in [2.75, 3.05) is 0 Å². The van der Waals surface area contributed by atoms with Gasteiger partial charge < -0.3 is 5.11 Å². The number of fused-ring (bicyclic) bond motifs is 1. The maximum absolute atomic E-state index is 11.0. The summed E-state index contributed by atoms with van der Waals surface area (Å²) in [6, 6.07) is 9.24. The van der Waals surface area contributed by atoms with Crippen molar-refractivity contribution in [3.8, 4) is 0 Å². The molecule has 1 aromatic heterocycles. The topological polar surface area (TPSA) is 50.2 Å². The summed E-state index contributed by atoms with van der Waals surface area (Å²) in [7, 11) is 0. The van der Waals surface area contributed by atoms with Crippen LogP contribution in [0.3, 0.4) is 0 Å². The van der Waals surface area contributed by atoms with Gasteiger partial charge in [-0.3, -0.25) is 0 Å². The van der Waals surface area contributed by atoms with Crippen LogP contribution in [0.1, 0.15) is 31.3 Å². The highest BCUT2D eigenvalue weighted by molar-refractivity contribution is 8.00. The van der Waals surface area contributed by atoms with E-state index in [2.05, 4.69) is 25.8 Å². The first-order valence-corrected chi connectivity index (χ1v) is 6.50. The molecule has 1 aromatic carbocycles. The van der Waals surface area contributed by atoms with Crippen molar-refractivity contribution in [1.29, 1.82) is 0 Å². The molecule has 0 saturated heterocycles. The molecule has 0 aliphatic heterocycles. The molecule has 0 fully saturated rings. The van der Waals surface area contributed by atoms with Gasteiger partial charge in [-0.2, -0.15) is 0 Å². The minimum Gasteiger partial charge on any atom is -0.477 e. The summed E-state index contributed by atoms with van der Waals surface area (Å²) in [6.45, 7) is 6.37. The average molecular weight is 261 g/mol. The lowest BCUT2D eigenvalue weighted by atomic mass is 10.2. The maximum Gasteiger partial charge on any atom is 0.354 e. The normalized spacial score (nSPS) is 11.7. The first kappa shape index (κ1) is 12.9. The molecular formula is C14H15NO2S. The second-order valence-electron chi connectivity index (χ2n) is 5.04. The zero-order chi connectivity index (χ0) is 13.3. The molecule has 0 bridgehead atoms. The molecule has 0 saturated carbocycles. The lowest BCUT2D eigenvalue weighted by Crippen LogP contribution is -2.07. The minimum absolute atomic E-state index is 0.0647. The fourth-order valence-corrected chi connectivity index (χ4v) is 2.72. The lowest BCUT2D eigenvalue weighted by Gasteiger charge is -2.18. The quantitative estimate of drug-likeness (QED) is 0.835. The van der Waals surface area contributed by atoms with Crippen molar-refractivity contribution < 1.29 is 9.90 Å². The van der Waals surface area contributed by atoms with E-state index in [-0.39, 0.29) is 10.4 Å². The molecule has 1 N–H and O–H groups in total. The van der Waals surface area contributed by atoms with Gasteiger partial charge in [0.05, 0.1) is 5.52 Å². The monoisotopic (exact) mass is 261 g/mol. The van der Waals surface area contributed by atoms with Crippen molar-refractivity contribution >= 4 is 28.6 Å². The molecule has 94 valence electrons. The Bertz CT molecular complexity index is 602. The Morgan fingerprint density at radius 3 is 2.56 bits per heavy atom. The number of carboxylic acid groups (broad SMARTS) is 1. The van der Waals surface area contributed by atoms with Gasteiger partial charge in [0.2, 0.25) is 0 Å². The van der Waals surface area contributed by atoms with E-state index in [0.29, 0.717) is 0 Å². The summed E-state index contributed by atoms with van der Waals surface area (Å²) in [4.78, 5) is 16.2. The van der Waals surface area contributed by atoms with Crippen LogP contribution in [0.2, 0.25) is 0 Å². The Morgan fingerprint density at radius 2 is 1.94 bits per heavy atom. The van der Waals surface area contributed by atoms with E-state index in [1.807, 2.05) is 18.2 Å². The fraction of sp³-hybridized carbons (Fsp3) is 0.286. The lowest BCUT2D eigenvalue weighted by molar-refractivity contribution is 0.0691. The SMILES string of the molecule is CC(C)(C)Sc1cccc2ccc(C(=O)O)nc12. The van der Waals surface area contributed by atoms with Crippen LogP contribution in [0.4, 0.5) is 0 Å². The van der Waals surface area contributed by atoms with E-state index in [9.17, 15) is 4.79 Å². The number of hydrogen-bond acceptors (Lipinski definition) is 3. The van der Waals surface area contributed by atoms with Gasteiger partial charge in [0, 0.05) is 15.0 Å². The van der Waals surface area contributed by atoms with E-state index in [4.69, 9.17) is 5.11 Å². The van der Waals surface area contributed by atoms with Gasteiger partial charge in [-0.15, -0.1) is 11.8 Å². The average Bonchev–Trinajstić information content (AvgIpc) is 2.26. The molecule has 0 spiro atoms. The van der Waals surface area contributed by atoms with E-state index in [0.717, 1.165) is 15.8 Å². The summed E-state index contributed by atoms with van der Waals surface area (Å²) in [5, 5.41) is 9.97. The van der Waals surface area contributed by atoms with Crippen LogP contribution in [0.15, 0.2) is 35.2 Å². The van der Waals surface area contributed by atoms with E-state index >= 15 is 0 Å². The number of nitrogens with zero attached hydrogens (tertiary/aromatic N) is 1. The molecule has 0 amide bonds. The van der Waals surface area contributed by atoms with Gasteiger partial charge in [-0.1, -0.05) is 39.0 Å². The number of aromatic carboxylic acids is 1. The van der Waals surface area contributed by atoms with E-state index < -0.39 is 5.97 Å². The van der Waals surface area contributed by atoms with Crippen molar-refractivity contribution in [2.45, 2.75) is 30.4 Å². The first-order valence-electron chi connectivity index (χ1n) is 5.69. The number of aromatic nitrogens is 1. The predicted octanol–water partition coefficient (Wildman–Crippen LogP) is 3.82. The van der Waals surface area contributed by atoms with Crippen LogP contribution in [0, 0.1) is 0 Å². The highest BCUT2D eigenvalue weighted by Crippen LogP contribution is 2.35. The van der Waals surface area contributed by atoms with Crippen LogP contribution in [-0.2, 0) is 0 Å². The molecule has 0 unspecified atom stereocenters. The van der Waals surface area contributed by atoms with Gasteiger partial charge in [-0.05, 0) is 12.1 Å². The minimum atomic E-state index is -0.993. The number of rotatable bonds is 2. The fourth-order valence-electron chi connectivity index (χ4n) is 1.65. The van der Waals surface area contributed by atoms with Gasteiger partial charge in [-0.25, -0.2) is 9.78 Å². The third-order valence-corrected chi connectivity index (χ3v) is 3.48.